The second kappa shape index (κ2) is 7.35. The number of amides is 1. The minimum absolute atomic E-state index is 0.0379. The molecule has 31 heavy (non-hydrogen) atoms. The van der Waals surface area contributed by atoms with Gasteiger partial charge in [0.2, 0.25) is 5.76 Å². The molecule has 6 nitrogen and oxygen atoms in total. The predicted octanol–water partition coefficient (Wildman–Crippen LogP) is 5.02. The average molecular weight is 477 g/mol. The first-order valence-electron chi connectivity index (χ1n) is 9.65. The quantitative estimate of drug-likeness (QED) is 0.415. The van der Waals surface area contributed by atoms with E-state index in [9.17, 15) is 9.59 Å². The van der Waals surface area contributed by atoms with Crippen LogP contribution in [-0.2, 0) is 0 Å². The molecule has 0 saturated heterocycles. The van der Waals surface area contributed by atoms with Crippen LogP contribution in [0.3, 0.4) is 0 Å². The number of aryl methyl sites for hydroxylation is 1. The third kappa shape index (κ3) is 3.13. The Hall–Kier alpha value is -3.45. The Morgan fingerprint density at radius 3 is 2.65 bits per heavy atom. The van der Waals surface area contributed by atoms with Crippen molar-refractivity contribution in [1.29, 1.82) is 0 Å². The first-order valence-corrected chi connectivity index (χ1v) is 10.4. The number of hydrogen-bond donors (Lipinski definition) is 0. The van der Waals surface area contributed by atoms with Crippen LogP contribution < -0.4 is 15.1 Å². The van der Waals surface area contributed by atoms with Crippen LogP contribution in [0.4, 0.5) is 5.82 Å². The van der Waals surface area contributed by atoms with Crippen molar-refractivity contribution in [3.63, 3.8) is 0 Å². The maximum atomic E-state index is 13.6. The lowest BCUT2D eigenvalue weighted by Gasteiger charge is -2.24. The molecule has 0 radical (unpaired) electrons. The van der Waals surface area contributed by atoms with Crippen molar-refractivity contribution in [2.45, 2.75) is 13.0 Å². The molecular formula is C24H17BrN2O4. The summed E-state index contributed by atoms with van der Waals surface area (Å²) in [5.74, 6) is 0.719. The number of halogens is 1. The van der Waals surface area contributed by atoms with Gasteiger partial charge in [0.25, 0.3) is 5.91 Å². The third-order valence-corrected chi connectivity index (χ3v) is 5.86. The van der Waals surface area contributed by atoms with Gasteiger partial charge in [0, 0.05) is 10.2 Å². The number of pyridine rings is 1. The zero-order chi connectivity index (χ0) is 21.7. The smallest absolute Gasteiger partial charge is 0.296 e. The van der Waals surface area contributed by atoms with Crippen molar-refractivity contribution >= 4 is 38.6 Å². The van der Waals surface area contributed by atoms with Crippen LogP contribution in [-0.4, -0.2) is 18.0 Å². The van der Waals surface area contributed by atoms with Crippen LogP contribution >= 0.6 is 15.9 Å². The molecule has 0 fully saturated rings. The highest BCUT2D eigenvalue weighted by atomic mass is 79.9. The molecule has 0 spiro atoms. The van der Waals surface area contributed by atoms with Gasteiger partial charge in [-0.25, -0.2) is 4.98 Å². The van der Waals surface area contributed by atoms with Crippen LogP contribution in [0.2, 0.25) is 0 Å². The normalized spacial score (nSPS) is 15.4. The van der Waals surface area contributed by atoms with E-state index in [2.05, 4.69) is 20.9 Å². The number of benzene rings is 2. The largest absolute Gasteiger partial charge is 0.497 e. The topological polar surface area (TPSA) is 72.6 Å². The minimum Gasteiger partial charge on any atom is -0.497 e. The fraction of sp³-hybridized carbons (Fsp3) is 0.125. The lowest BCUT2D eigenvalue weighted by Crippen LogP contribution is -2.30. The standard InChI is InChI=1S/C24H17BrN2O4/c1-13-5-3-8-19(26-13)27-21(14-6-4-7-16(11-14)30-2)20-22(28)17-12-15(25)9-10-18(17)31-23(20)24(27)29/h3-12,21H,1-2H3/t21-/m0/s1. The van der Waals surface area contributed by atoms with Gasteiger partial charge in [-0.3, -0.25) is 14.5 Å². The van der Waals surface area contributed by atoms with Gasteiger partial charge < -0.3 is 9.15 Å². The number of nitrogens with zero attached hydrogens (tertiary/aromatic N) is 2. The zero-order valence-electron chi connectivity index (χ0n) is 16.8. The number of carbonyl (C=O) groups excluding carboxylic acids is 1. The number of aromatic nitrogens is 1. The van der Waals surface area contributed by atoms with E-state index in [1.807, 2.05) is 43.3 Å². The lowest BCUT2D eigenvalue weighted by molar-refractivity contribution is 0.0970. The number of hydrogen-bond acceptors (Lipinski definition) is 5. The number of rotatable bonds is 3. The molecule has 7 heteroatoms. The van der Waals surface area contributed by atoms with Crippen molar-refractivity contribution in [2.75, 3.05) is 12.0 Å². The number of methoxy groups -OCH3 is 1. The zero-order valence-corrected chi connectivity index (χ0v) is 18.3. The Bertz CT molecular complexity index is 1410. The van der Waals surface area contributed by atoms with Gasteiger partial charge in [0.1, 0.15) is 17.2 Å². The number of ether oxygens (including phenoxy) is 1. The molecule has 0 N–H and O–H groups in total. The monoisotopic (exact) mass is 476 g/mol. The highest BCUT2D eigenvalue weighted by Gasteiger charge is 2.44. The number of carbonyl (C=O) groups is 1. The van der Waals surface area contributed by atoms with E-state index in [4.69, 9.17) is 9.15 Å². The Kier molecular flexibility index (Phi) is 4.63. The van der Waals surface area contributed by atoms with E-state index in [1.54, 1.807) is 31.4 Å². The Morgan fingerprint density at radius 1 is 1.06 bits per heavy atom. The SMILES string of the molecule is COc1cccc([C@H]2c3c(oc4ccc(Br)cc4c3=O)C(=O)N2c2cccc(C)n2)c1. The summed E-state index contributed by atoms with van der Waals surface area (Å²) in [6.45, 7) is 1.85. The second-order valence-corrected chi connectivity index (χ2v) is 8.22. The average Bonchev–Trinajstić information content (AvgIpc) is 3.07. The molecule has 2 aromatic carbocycles. The van der Waals surface area contributed by atoms with E-state index in [0.29, 0.717) is 28.1 Å². The summed E-state index contributed by atoms with van der Waals surface area (Å²) in [5, 5.41) is 0.410. The molecule has 4 aromatic rings. The molecule has 3 heterocycles. The van der Waals surface area contributed by atoms with Crippen LogP contribution in [0.1, 0.15) is 33.4 Å². The molecule has 0 unspecified atom stereocenters. The summed E-state index contributed by atoms with van der Waals surface area (Å²) < 4.78 is 12.1. The van der Waals surface area contributed by atoms with Gasteiger partial charge in [-0.2, -0.15) is 0 Å². The molecule has 0 aliphatic carbocycles. The first-order chi connectivity index (χ1) is 15.0. The molecular weight excluding hydrogens is 460 g/mol. The van der Waals surface area contributed by atoms with Crippen molar-refractivity contribution in [3.05, 3.63) is 97.9 Å². The molecule has 154 valence electrons. The van der Waals surface area contributed by atoms with Crippen molar-refractivity contribution in [1.82, 2.24) is 4.98 Å². The summed E-state index contributed by atoms with van der Waals surface area (Å²) in [4.78, 5) is 33.2. The van der Waals surface area contributed by atoms with E-state index < -0.39 is 11.9 Å². The van der Waals surface area contributed by atoms with E-state index in [-0.39, 0.29) is 11.2 Å². The fourth-order valence-electron chi connectivity index (χ4n) is 3.97. The molecule has 1 atom stereocenters. The second-order valence-electron chi connectivity index (χ2n) is 7.31. The minimum atomic E-state index is -0.688. The number of anilines is 1. The third-order valence-electron chi connectivity index (χ3n) is 5.36. The summed E-state index contributed by atoms with van der Waals surface area (Å²) in [7, 11) is 1.58. The molecule has 0 bridgehead atoms. The fourth-order valence-corrected chi connectivity index (χ4v) is 4.33. The molecule has 5 rings (SSSR count). The van der Waals surface area contributed by atoms with Crippen LogP contribution in [0.25, 0.3) is 11.0 Å². The van der Waals surface area contributed by atoms with Gasteiger partial charge in [0.05, 0.1) is 24.1 Å². The van der Waals surface area contributed by atoms with E-state index in [0.717, 1.165) is 15.7 Å². The predicted molar refractivity (Wildman–Crippen MR) is 121 cm³/mol. The molecule has 0 saturated carbocycles. The summed E-state index contributed by atoms with van der Waals surface area (Å²) >= 11 is 3.41. The highest BCUT2D eigenvalue weighted by molar-refractivity contribution is 9.10. The summed E-state index contributed by atoms with van der Waals surface area (Å²) in [6, 6.07) is 17.3. The van der Waals surface area contributed by atoms with Gasteiger partial charge in [-0.15, -0.1) is 0 Å². The van der Waals surface area contributed by atoms with Crippen molar-refractivity contribution in [3.8, 4) is 5.75 Å². The van der Waals surface area contributed by atoms with Crippen LogP contribution in [0.5, 0.6) is 5.75 Å². The highest BCUT2D eigenvalue weighted by Crippen LogP contribution is 2.41. The Labute approximate surface area is 186 Å². The van der Waals surface area contributed by atoms with Crippen LogP contribution in [0, 0.1) is 6.92 Å². The molecule has 1 aliphatic rings. The summed E-state index contributed by atoms with van der Waals surface area (Å²) in [6.07, 6.45) is 0. The maximum absolute atomic E-state index is 13.6. The maximum Gasteiger partial charge on any atom is 0.296 e. The molecule has 2 aromatic heterocycles. The first kappa shape index (κ1) is 19.5. The van der Waals surface area contributed by atoms with Gasteiger partial charge in [-0.1, -0.05) is 34.1 Å². The van der Waals surface area contributed by atoms with E-state index >= 15 is 0 Å². The number of fused-ring (bicyclic) bond motifs is 2. The van der Waals surface area contributed by atoms with Crippen molar-refractivity contribution < 1.29 is 13.9 Å². The van der Waals surface area contributed by atoms with Crippen molar-refractivity contribution in [2.24, 2.45) is 0 Å². The Balaban J connectivity index is 1.83. The van der Waals surface area contributed by atoms with Gasteiger partial charge in [0.15, 0.2) is 5.43 Å². The van der Waals surface area contributed by atoms with Gasteiger partial charge >= 0.3 is 0 Å². The summed E-state index contributed by atoms with van der Waals surface area (Å²) in [5.41, 5.74) is 1.92. The molecule has 1 amide bonds. The van der Waals surface area contributed by atoms with Crippen LogP contribution in [0.15, 0.2) is 74.3 Å². The Morgan fingerprint density at radius 2 is 1.87 bits per heavy atom. The van der Waals surface area contributed by atoms with Gasteiger partial charge in [-0.05, 0) is 55.0 Å². The molecule has 1 aliphatic heterocycles. The van der Waals surface area contributed by atoms with E-state index in [1.165, 1.54) is 4.90 Å². The lowest BCUT2D eigenvalue weighted by atomic mass is 9.98.